The van der Waals surface area contributed by atoms with E-state index in [1.807, 2.05) is 44.2 Å². The molecule has 2 heterocycles. The lowest BCUT2D eigenvalue weighted by molar-refractivity contribution is -0.138. The van der Waals surface area contributed by atoms with Crippen molar-refractivity contribution in [2.75, 3.05) is 6.79 Å². The molecule has 1 saturated heterocycles. The molecule has 104 valence electrons. The van der Waals surface area contributed by atoms with Gasteiger partial charge in [-0.3, -0.25) is 0 Å². The molecule has 1 aliphatic carbocycles. The van der Waals surface area contributed by atoms with E-state index in [1.165, 1.54) is 0 Å². The minimum atomic E-state index is -0.556. The summed E-state index contributed by atoms with van der Waals surface area (Å²) in [4.78, 5) is 0. The van der Waals surface area contributed by atoms with Gasteiger partial charge in [0.15, 0.2) is 17.3 Å². The monoisotopic (exact) mass is 272 g/mol. The van der Waals surface area contributed by atoms with Gasteiger partial charge in [-0.05, 0) is 37.1 Å². The van der Waals surface area contributed by atoms with Gasteiger partial charge in [-0.25, -0.2) is 0 Å². The van der Waals surface area contributed by atoms with E-state index >= 15 is 0 Å². The highest BCUT2D eigenvalue weighted by molar-refractivity contribution is 5.74. The molecule has 1 aromatic carbocycles. The maximum atomic E-state index is 6.03. The predicted octanol–water partition coefficient (Wildman–Crippen LogP) is 2.89. The Labute approximate surface area is 117 Å². The summed E-state index contributed by atoms with van der Waals surface area (Å²) in [6, 6.07) is 5.97. The summed E-state index contributed by atoms with van der Waals surface area (Å²) in [6.45, 7) is 4.17. The molecule has 2 aliphatic heterocycles. The maximum Gasteiger partial charge on any atom is 0.231 e. The second-order valence-corrected chi connectivity index (χ2v) is 5.60. The third-order valence-corrected chi connectivity index (χ3v) is 3.72. The second kappa shape index (κ2) is 4.11. The van der Waals surface area contributed by atoms with Crippen LogP contribution in [0.1, 0.15) is 19.4 Å². The third-order valence-electron chi connectivity index (χ3n) is 3.72. The highest BCUT2D eigenvalue weighted by atomic mass is 16.8. The summed E-state index contributed by atoms with van der Waals surface area (Å²) in [5.41, 5.74) is 2.19. The predicted molar refractivity (Wildman–Crippen MR) is 73.5 cm³/mol. The Kier molecular flexibility index (Phi) is 2.46. The highest BCUT2D eigenvalue weighted by Crippen LogP contribution is 2.41. The first-order valence-corrected chi connectivity index (χ1v) is 6.76. The molecule has 0 bridgehead atoms. The first-order chi connectivity index (χ1) is 9.62. The smallest absolute Gasteiger partial charge is 0.231 e. The standard InChI is InChI=1S/C16H16O4/c1-16(2)19-13-5-3-4-11(15(13)20-16)10-6-7-12-14(8-10)18-9-17-12/h3-8,13,15H,9H2,1-2H3/t13-,15+/m0/s1. The van der Waals surface area contributed by atoms with Gasteiger partial charge in [0.1, 0.15) is 12.2 Å². The quantitative estimate of drug-likeness (QED) is 0.787. The molecule has 4 rings (SSSR count). The molecule has 4 nitrogen and oxygen atoms in total. The number of allylic oxidation sites excluding steroid dienone is 2. The SMILES string of the molecule is CC1(C)O[C@H]2C=CC=C(c3ccc4c(c3)OCO4)[C@H]2O1. The van der Waals surface area contributed by atoms with Crippen LogP contribution in [0.5, 0.6) is 11.5 Å². The zero-order chi connectivity index (χ0) is 13.7. The fraction of sp³-hybridized carbons (Fsp3) is 0.375. The highest BCUT2D eigenvalue weighted by Gasteiger charge is 2.43. The van der Waals surface area contributed by atoms with Crippen molar-refractivity contribution in [3.63, 3.8) is 0 Å². The summed E-state index contributed by atoms with van der Waals surface area (Å²) in [7, 11) is 0. The lowest BCUT2D eigenvalue weighted by Gasteiger charge is -2.21. The van der Waals surface area contributed by atoms with E-state index in [4.69, 9.17) is 18.9 Å². The molecule has 1 aromatic rings. The molecular weight excluding hydrogens is 256 g/mol. The summed E-state index contributed by atoms with van der Waals surface area (Å²) in [5, 5.41) is 0. The first kappa shape index (κ1) is 12.0. The summed E-state index contributed by atoms with van der Waals surface area (Å²) < 4.78 is 22.7. The lowest BCUT2D eigenvalue weighted by atomic mass is 9.93. The molecule has 0 spiro atoms. The molecule has 3 aliphatic rings. The van der Waals surface area contributed by atoms with Gasteiger partial charge in [-0.15, -0.1) is 0 Å². The van der Waals surface area contributed by atoms with E-state index in [0.717, 1.165) is 22.6 Å². The van der Waals surface area contributed by atoms with Gasteiger partial charge in [-0.2, -0.15) is 0 Å². The van der Waals surface area contributed by atoms with Gasteiger partial charge in [0, 0.05) is 0 Å². The zero-order valence-electron chi connectivity index (χ0n) is 11.5. The average Bonchev–Trinajstić information content (AvgIpc) is 2.98. The fourth-order valence-electron chi connectivity index (χ4n) is 2.87. The molecule has 4 heteroatoms. The fourth-order valence-corrected chi connectivity index (χ4v) is 2.87. The normalized spacial score (nSPS) is 29.2. The van der Waals surface area contributed by atoms with Crippen LogP contribution >= 0.6 is 0 Å². The molecule has 0 unspecified atom stereocenters. The molecule has 0 N–H and O–H groups in total. The zero-order valence-corrected chi connectivity index (χ0v) is 11.5. The number of rotatable bonds is 1. The van der Waals surface area contributed by atoms with Gasteiger partial charge >= 0.3 is 0 Å². The molecule has 0 radical (unpaired) electrons. The summed E-state index contributed by atoms with van der Waals surface area (Å²) >= 11 is 0. The van der Waals surface area contributed by atoms with Gasteiger partial charge < -0.3 is 18.9 Å². The number of hydrogen-bond acceptors (Lipinski definition) is 4. The molecule has 2 atom stereocenters. The molecular formula is C16H16O4. The molecule has 0 aromatic heterocycles. The van der Waals surface area contributed by atoms with Gasteiger partial charge in [-0.1, -0.05) is 24.3 Å². The number of benzene rings is 1. The Hall–Kier alpha value is -1.78. The van der Waals surface area contributed by atoms with Crippen LogP contribution in [0.4, 0.5) is 0 Å². The Morgan fingerprint density at radius 1 is 1.10 bits per heavy atom. The number of hydrogen-bond donors (Lipinski definition) is 0. The topological polar surface area (TPSA) is 36.9 Å². The van der Waals surface area contributed by atoms with E-state index < -0.39 is 5.79 Å². The summed E-state index contributed by atoms with van der Waals surface area (Å²) in [6.07, 6.45) is 6.02. The molecule has 1 fully saturated rings. The van der Waals surface area contributed by atoms with Crippen LogP contribution in [0.15, 0.2) is 36.4 Å². The Bertz CT molecular complexity index is 615. The van der Waals surface area contributed by atoms with Crippen molar-refractivity contribution >= 4 is 5.57 Å². The van der Waals surface area contributed by atoms with Crippen molar-refractivity contribution < 1.29 is 18.9 Å². The Balaban J connectivity index is 1.71. The van der Waals surface area contributed by atoms with Crippen molar-refractivity contribution in [1.29, 1.82) is 0 Å². The second-order valence-electron chi connectivity index (χ2n) is 5.60. The van der Waals surface area contributed by atoms with Crippen LogP contribution in [0.25, 0.3) is 5.57 Å². The van der Waals surface area contributed by atoms with Gasteiger partial charge in [0.2, 0.25) is 6.79 Å². The molecule has 0 saturated carbocycles. The van der Waals surface area contributed by atoms with Gasteiger partial charge in [0.05, 0.1) is 0 Å². The Morgan fingerprint density at radius 3 is 2.85 bits per heavy atom. The van der Waals surface area contributed by atoms with E-state index in [-0.39, 0.29) is 19.0 Å². The third kappa shape index (κ3) is 1.84. The van der Waals surface area contributed by atoms with Crippen LogP contribution in [-0.4, -0.2) is 24.8 Å². The van der Waals surface area contributed by atoms with Crippen LogP contribution < -0.4 is 9.47 Å². The van der Waals surface area contributed by atoms with E-state index in [1.54, 1.807) is 0 Å². The minimum absolute atomic E-state index is 0.0320. The van der Waals surface area contributed by atoms with Crippen molar-refractivity contribution in [3.05, 3.63) is 42.0 Å². The van der Waals surface area contributed by atoms with Crippen molar-refractivity contribution in [2.45, 2.75) is 31.8 Å². The van der Waals surface area contributed by atoms with Crippen molar-refractivity contribution in [3.8, 4) is 11.5 Å². The Morgan fingerprint density at radius 2 is 1.95 bits per heavy atom. The van der Waals surface area contributed by atoms with E-state index in [0.29, 0.717) is 0 Å². The molecule has 20 heavy (non-hydrogen) atoms. The van der Waals surface area contributed by atoms with Crippen molar-refractivity contribution in [1.82, 2.24) is 0 Å². The van der Waals surface area contributed by atoms with Crippen LogP contribution in [0.3, 0.4) is 0 Å². The van der Waals surface area contributed by atoms with E-state index in [9.17, 15) is 0 Å². The minimum Gasteiger partial charge on any atom is -0.454 e. The average molecular weight is 272 g/mol. The van der Waals surface area contributed by atoms with Crippen molar-refractivity contribution in [2.24, 2.45) is 0 Å². The maximum absolute atomic E-state index is 6.03. The number of ether oxygens (including phenoxy) is 4. The van der Waals surface area contributed by atoms with E-state index in [2.05, 4.69) is 6.08 Å². The van der Waals surface area contributed by atoms with Gasteiger partial charge in [0.25, 0.3) is 0 Å². The van der Waals surface area contributed by atoms with Crippen LogP contribution in [0, 0.1) is 0 Å². The van der Waals surface area contributed by atoms with Crippen LogP contribution in [-0.2, 0) is 9.47 Å². The lowest BCUT2D eigenvalue weighted by Crippen LogP contribution is -2.24. The number of fused-ring (bicyclic) bond motifs is 2. The summed E-state index contributed by atoms with van der Waals surface area (Å²) in [5.74, 6) is 1.02. The molecule has 0 amide bonds. The first-order valence-electron chi connectivity index (χ1n) is 6.76. The largest absolute Gasteiger partial charge is 0.454 e. The van der Waals surface area contributed by atoms with Crippen LogP contribution in [0.2, 0.25) is 0 Å².